The van der Waals surface area contributed by atoms with E-state index in [0.717, 1.165) is 0 Å². The quantitative estimate of drug-likeness (QED) is 0.711. The summed E-state index contributed by atoms with van der Waals surface area (Å²) in [5.41, 5.74) is 0.228. The maximum absolute atomic E-state index is 11.8. The normalized spacial score (nSPS) is 12.6. The van der Waals surface area contributed by atoms with Gasteiger partial charge in [0.15, 0.2) is 11.5 Å². The molecular weight excluding hydrogens is 350 g/mol. The standard InChI is InChI=1S/C15H25NO6SSi/c1-15(2,3)24(5,6)22-13-9-11(7-8-12(13)21-4)16-23(19,20)10-14(17)18/h7-9,16H,10H2,1-6H3,(H,17,18). The first-order valence-corrected chi connectivity index (χ1v) is 11.9. The van der Waals surface area contributed by atoms with Crippen LogP contribution in [0.1, 0.15) is 20.8 Å². The van der Waals surface area contributed by atoms with Gasteiger partial charge in [0.1, 0.15) is 5.75 Å². The highest BCUT2D eigenvalue weighted by Gasteiger charge is 2.39. The third-order valence-electron chi connectivity index (χ3n) is 3.92. The molecule has 24 heavy (non-hydrogen) atoms. The molecule has 0 heterocycles. The lowest BCUT2D eigenvalue weighted by Crippen LogP contribution is -2.43. The van der Waals surface area contributed by atoms with Gasteiger partial charge in [0.2, 0.25) is 10.0 Å². The first-order chi connectivity index (χ1) is 10.8. The van der Waals surface area contributed by atoms with E-state index in [0.29, 0.717) is 11.5 Å². The molecule has 0 amide bonds. The highest BCUT2D eigenvalue weighted by molar-refractivity contribution is 7.93. The average molecular weight is 376 g/mol. The Hall–Kier alpha value is -1.74. The van der Waals surface area contributed by atoms with Crippen LogP contribution in [0.15, 0.2) is 18.2 Å². The number of carboxylic acid groups (broad SMARTS) is 1. The van der Waals surface area contributed by atoms with Crippen molar-refractivity contribution in [2.45, 2.75) is 38.9 Å². The minimum Gasteiger partial charge on any atom is -0.541 e. The van der Waals surface area contributed by atoms with Gasteiger partial charge >= 0.3 is 5.97 Å². The second-order valence-corrected chi connectivity index (χ2v) is 13.4. The van der Waals surface area contributed by atoms with Crippen LogP contribution in [0.5, 0.6) is 11.5 Å². The zero-order valence-electron chi connectivity index (χ0n) is 14.8. The summed E-state index contributed by atoms with van der Waals surface area (Å²) in [6.45, 7) is 10.4. The van der Waals surface area contributed by atoms with E-state index in [9.17, 15) is 13.2 Å². The number of rotatable bonds is 7. The fourth-order valence-electron chi connectivity index (χ4n) is 1.63. The third-order valence-corrected chi connectivity index (χ3v) is 9.44. The van der Waals surface area contributed by atoms with Crippen molar-refractivity contribution < 1.29 is 27.5 Å². The van der Waals surface area contributed by atoms with Crippen molar-refractivity contribution in [2.75, 3.05) is 17.6 Å². The Labute approximate surface area is 144 Å². The molecule has 0 bridgehead atoms. The Kier molecular flexibility index (Phi) is 5.94. The molecule has 0 fully saturated rings. The molecule has 0 saturated carbocycles. The maximum Gasteiger partial charge on any atom is 0.320 e. The van der Waals surface area contributed by atoms with Crippen LogP contribution in [0.4, 0.5) is 5.69 Å². The Bertz CT molecular complexity index is 709. The number of anilines is 1. The molecule has 136 valence electrons. The van der Waals surface area contributed by atoms with Crippen molar-refractivity contribution in [1.29, 1.82) is 0 Å². The SMILES string of the molecule is COc1ccc(NS(=O)(=O)CC(=O)O)cc1O[Si](C)(C)C(C)(C)C. The second-order valence-electron chi connectivity index (χ2n) is 6.98. The van der Waals surface area contributed by atoms with Gasteiger partial charge in [-0.05, 0) is 30.3 Å². The van der Waals surface area contributed by atoms with E-state index in [1.165, 1.54) is 19.2 Å². The van der Waals surface area contributed by atoms with Crippen molar-refractivity contribution in [1.82, 2.24) is 0 Å². The molecule has 0 spiro atoms. The smallest absolute Gasteiger partial charge is 0.320 e. The van der Waals surface area contributed by atoms with Crippen LogP contribution >= 0.6 is 0 Å². The number of hydrogen-bond acceptors (Lipinski definition) is 5. The van der Waals surface area contributed by atoms with Crippen LogP contribution < -0.4 is 13.9 Å². The summed E-state index contributed by atoms with van der Waals surface area (Å²) in [6, 6.07) is 4.59. The molecule has 0 aromatic heterocycles. The Balaban J connectivity index is 3.16. The molecule has 2 N–H and O–H groups in total. The molecule has 0 radical (unpaired) electrons. The van der Waals surface area contributed by atoms with E-state index in [4.69, 9.17) is 14.3 Å². The van der Waals surface area contributed by atoms with Gasteiger partial charge in [0, 0.05) is 6.07 Å². The highest BCUT2D eigenvalue weighted by atomic mass is 32.2. The highest BCUT2D eigenvalue weighted by Crippen LogP contribution is 2.40. The van der Waals surface area contributed by atoms with Crippen molar-refractivity contribution in [3.63, 3.8) is 0 Å². The van der Waals surface area contributed by atoms with Gasteiger partial charge in [-0.2, -0.15) is 0 Å². The summed E-state index contributed by atoms with van der Waals surface area (Å²) in [6.07, 6.45) is 0. The Morgan fingerprint density at radius 1 is 1.25 bits per heavy atom. The van der Waals surface area contributed by atoms with Crippen molar-refractivity contribution in [2.24, 2.45) is 0 Å². The van der Waals surface area contributed by atoms with E-state index in [2.05, 4.69) is 38.6 Å². The summed E-state index contributed by atoms with van der Waals surface area (Å²) in [4.78, 5) is 10.6. The predicted molar refractivity (Wildman–Crippen MR) is 95.9 cm³/mol. The van der Waals surface area contributed by atoms with Crippen LogP contribution in [0, 0.1) is 0 Å². The Morgan fingerprint density at radius 3 is 2.29 bits per heavy atom. The first-order valence-electron chi connectivity index (χ1n) is 7.37. The van der Waals surface area contributed by atoms with Gasteiger partial charge in [0.25, 0.3) is 8.32 Å². The lowest BCUT2D eigenvalue weighted by molar-refractivity contribution is -0.134. The van der Waals surface area contributed by atoms with Crippen LogP contribution in [0.3, 0.4) is 0 Å². The number of carbonyl (C=O) groups is 1. The topological polar surface area (TPSA) is 102 Å². The predicted octanol–water partition coefficient (Wildman–Crippen LogP) is 2.91. The van der Waals surface area contributed by atoms with Crippen molar-refractivity contribution in [3.8, 4) is 11.5 Å². The van der Waals surface area contributed by atoms with Gasteiger partial charge in [-0.15, -0.1) is 0 Å². The fourth-order valence-corrected chi connectivity index (χ4v) is 3.52. The van der Waals surface area contributed by atoms with Gasteiger partial charge in [0.05, 0.1) is 12.8 Å². The van der Waals surface area contributed by atoms with Crippen LogP contribution in [-0.4, -0.2) is 40.7 Å². The summed E-state index contributed by atoms with van der Waals surface area (Å²) in [7, 11) is -4.63. The van der Waals surface area contributed by atoms with Crippen molar-refractivity contribution >= 4 is 30.0 Å². The molecule has 0 aliphatic carbocycles. The zero-order chi connectivity index (χ0) is 18.8. The van der Waals surface area contributed by atoms with E-state index in [1.54, 1.807) is 6.07 Å². The number of benzene rings is 1. The summed E-state index contributed by atoms with van der Waals surface area (Å²) in [5.74, 6) is -1.51. The lowest BCUT2D eigenvalue weighted by atomic mass is 10.2. The summed E-state index contributed by atoms with van der Waals surface area (Å²) >= 11 is 0. The Morgan fingerprint density at radius 2 is 1.83 bits per heavy atom. The number of aliphatic carboxylic acids is 1. The molecule has 0 unspecified atom stereocenters. The summed E-state index contributed by atoms with van der Waals surface area (Å²) in [5, 5.41) is 8.60. The first kappa shape index (κ1) is 20.3. The van der Waals surface area contributed by atoms with Gasteiger partial charge in [-0.3, -0.25) is 9.52 Å². The molecule has 7 nitrogen and oxygen atoms in total. The van der Waals surface area contributed by atoms with Gasteiger partial charge in [-0.1, -0.05) is 20.8 Å². The van der Waals surface area contributed by atoms with E-state index >= 15 is 0 Å². The van der Waals surface area contributed by atoms with Crippen LogP contribution in [0.25, 0.3) is 0 Å². The van der Waals surface area contributed by atoms with E-state index in [1.807, 2.05) is 0 Å². The monoisotopic (exact) mass is 375 g/mol. The molecule has 1 aromatic carbocycles. The number of hydrogen-bond donors (Lipinski definition) is 2. The largest absolute Gasteiger partial charge is 0.541 e. The number of carboxylic acids is 1. The number of methoxy groups -OCH3 is 1. The maximum atomic E-state index is 11.8. The third kappa shape index (κ3) is 5.41. The molecule has 1 aromatic rings. The van der Waals surface area contributed by atoms with E-state index < -0.39 is 30.1 Å². The van der Waals surface area contributed by atoms with Crippen LogP contribution in [0.2, 0.25) is 18.1 Å². The number of sulfonamides is 1. The molecule has 0 saturated heterocycles. The van der Waals surface area contributed by atoms with Gasteiger partial charge < -0.3 is 14.3 Å². The van der Waals surface area contributed by atoms with Crippen LogP contribution in [-0.2, 0) is 14.8 Å². The van der Waals surface area contributed by atoms with E-state index in [-0.39, 0.29) is 10.7 Å². The van der Waals surface area contributed by atoms with Crippen molar-refractivity contribution in [3.05, 3.63) is 18.2 Å². The second kappa shape index (κ2) is 7.02. The molecule has 9 heteroatoms. The minimum atomic E-state index is -3.98. The summed E-state index contributed by atoms with van der Waals surface area (Å²) < 4.78 is 37.2. The van der Waals surface area contributed by atoms with Gasteiger partial charge in [-0.25, -0.2) is 8.42 Å². The molecule has 0 atom stereocenters. The minimum absolute atomic E-state index is 0.0448. The lowest BCUT2D eigenvalue weighted by Gasteiger charge is -2.36. The molecular formula is C15H25NO6SSi. The molecule has 0 aliphatic heterocycles. The zero-order valence-corrected chi connectivity index (χ0v) is 16.7. The number of nitrogens with one attached hydrogen (secondary N) is 1. The molecule has 1 rings (SSSR count). The fraction of sp³-hybridized carbons (Fsp3) is 0.533. The number of ether oxygens (including phenoxy) is 1. The molecule has 0 aliphatic rings. The average Bonchev–Trinajstić information content (AvgIpc) is 2.34.